The summed E-state index contributed by atoms with van der Waals surface area (Å²) in [5, 5.41) is 0. The summed E-state index contributed by atoms with van der Waals surface area (Å²) < 4.78 is 1.65. The van der Waals surface area contributed by atoms with E-state index in [-0.39, 0.29) is 0 Å². The third-order valence-corrected chi connectivity index (χ3v) is 1.88. The van der Waals surface area contributed by atoms with Crippen LogP contribution >= 0.6 is 0 Å². The number of nitrogens with two attached hydrogens (primary N) is 1. The van der Waals surface area contributed by atoms with Crippen molar-refractivity contribution in [2.45, 2.75) is 0 Å². The van der Waals surface area contributed by atoms with Gasteiger partial charge in [0.15, 0.2) is 6.29 Å². The van der Waals surface area contributed by atoms with E-state index in [0.29, 0.717) is 23.2 Å². The van der Waals surface area contributed by atoms with Gasteiger partial charge in [0.1, 0.15) is 11.3 Å². The molecular weight excluding hydrogens is 182 g/mol. The van der Waals surface area contributed by atoms with E-state index in [1.165, 1.54) is 6.07 Å². The van der Waals surface area contributed by atoms with Crippen LogP contribution in [0, 0.1) is 0 Å². The van der Waals surface area contributed by atoms with Gasteiger partial charge < -0.3 is 10.1 Å². The zero-order valence-electron chi connectivity index (χ0n) is 7.18. The van der Waals surface area contributed by atoms with Crippen molar-refractivity contribution >= 4 is 17.8 Å². The Morgan fingerprint density at radius 3 is 3.00 bits per heavy atom. The molecule has 0 fully saturated rings. The molecule has 0 spiro atoms. The number of amides is 1. The molecule has 0 unspecified atom stereocenters. The highest BCUT2D eigenvalue weighted by Crippen LogP contribution is 2.06. The molecule has 0 aromatic carbocycles. The van der Waals surface area contributed by atoms with Crippen molar-refractivity contribution in [2.24, 2.45) is 5.73 Å². The standard InChI is InChI=1S/C9H7N3O2/c10-9(14)6-1-2-12-4-7(5-13)11-8(12)3-6/h1-5H,(H2,10,14). The van der Waals surface area contributed by atoms with E-state index in [2.05, 4.69) is 4.98 Å². The Labute approximate surface area is 79.2 Å². The Morgan fingerprint density at radius 2 is 2.36 bits per heavy atom. The molecule has 0 aliphatic rings. The number of hydrogen-bond acceptors (Lipinski definition) is 3. The van der Waals surface area contributed by atoms with Crippen LogP contribution in [0.5, 0.6) is 0 Å². The molecule has 2 N–H and O–H groups in total. The third kappa shape index (κ3) is 1.24. The van der Waals surface area contributed by atoms with E-state index in [4.69, 9.17) is 5.73 Å². The fourth-order valence-electron chi connectivity index (χ4n) is 1.21. The van der Waals surface area contributed by atoms with Crippen molar-refractivity contribution in [3.8, 4) is 0 Å². The summed E-state index contributed by atoms with van der Waals surface area (Å²) in [6.45, 7) is 0. The molecule has 0 atom stereocenters. The Balaban J connectivity index is 2.65. The molecule has 1 amide bonds. The average molecular weight is 189 g/mol. The van der Waals surface area contributed by atoms with Crippen LogP contribution in [0.4, 0.5) is 0 Å². The van der Waals surface area contributed by atoms with Crippen molar-refractivity contribution < 1.29 is 9.59 Å². The maximum atomic E-state index is 10.8. The lowest BCUT2D eigenvalue weighted by Crippen LogP contribution is -2.10. The van der Waals surface area contributed by atoms with Gasteiger partial charge in [-0.05, 0) is 12.1 Å². The summed E-state index contributed by atoms with van der Waals surface area (Å²) in [5.74, 6) is -0.511. The number of carbonyl (C=O) groups excluding carboxylic acids is 2. The molecule has 2 rings (SSSR count). The van der Waals surface area contributed by atoms with Gasteiger partial charge in [0, 0.05) is 18.0 Å². The van der Waals surface area contributed by atoms with Gasteiger partial charge >= 0.3 is 0 Å². The van der Waals surface area contributed by atoms with Crippen molar-refractivity contribution in [1.82, 2.24) is 9.38 Å². The lowest BCUT2D eigenvalue weighted by Gasteiger charge is -1.95. The van der Waals surface area contributed by atoms with Crippen molar-refractivity contribution in [2.75, 3.05) is 0 Å². The average Bonchev–Trinajstić information content (AvgIpc) is 2.58. The lowest BCUT2D eigenvalue weighted by molar-refractivity contribution is 0.1000. The minimum Gasteiger partial charge on any atom is -0.366 e. The topological polar surface area (TPSA) is 77.5 Å². The smallest absolute Gasteiger partial charge is 0.248 e. The SMILES string of the molecule is NC(=O)c1ccn2cc(C=O)nc2c1. The van der Waals surface area contributed by atoms with Crippen LogP contribution in [-0.2, 0) is 0 Å². The molecule has 2 aromatic heterocycles. The summed E-state index contributed by atoms with van der Waals surface area (Å²) in [7, 11) is 0. The predicted octanol–water partition coefficient (Wildman–Crippen LogP) is 0.246. The van der Waals surface area contributed by atoms with Crippen LogP contribution in [0.1, 0.15) is 20.8 Å². The molecular formula is C9H7N3O2. The monoisotopic (exact) mass is 189 g/mol. The molecule has 5 heteroatoms. The Bertz CT molecular complexity index is 516. The van der Waals surface area contributed by atoms with Gasteiger partial charge in [-0.25, -0.2) is 4.98 Å². The number of imidazole rings is 1. The zero-order chi connectivity index (χ0) is 10.1. The number of primary amides is 1. The van der Waals surface area contributed by atoms with Crippen molar-refractivity contribution in [3.63, 3.8) is 0 Å². The number of pyridine rings is 1. The number of nitrogens with zero attached hydrogens (tertiary/aromatic N) is 2. The van der Waals surface area contributed by atoms with E-state index >= 15 is 0 Å². The molecule has 0 saturated heterocycles. The number of carbonyl (C=O) groups is 2. The lowest BCUT2D eigenvalue weighted by atomic mass is 10.2. The first-order chi connectivity index (χ1) is 6.70. The molecule has 2 aromatic rings. The first kappa shape index (κ1) is 8.43. The summed E-state index contributed by atoms with van der Waals surface area (Å²) in [6.07, 6.45) is 3.86. The van der Waals surface area contributed by atoms with Crippen LogP contribution in [0.2, 0.25) is 0 Å². The van der Waals surface area contributed by atoms with E-state index in [1.54, 1.807) is 22.9 Å². The molecule has 70 valence electrons. The van der Waals surface area contributed by atoms with Gasteiger partial charge in [-0.1, -0.05) is 0 Å². The Kier molecular flexibility index (Phi) is 1.78. The summed E-state index contributed by atoms with van der Waals surface area (Å²) in [5.41, 5.74) is 6.33. The predicted molar refractivity (Wildman–Crippen MR) is 49.1 cm³/mol. The first-order valence-electron chi connectivity index (χ1n) is 3.94. The first-order valence-corrected chi connectivity index (χ1v) is 3.94. The maximum absolute atomic E-state index is 10.8. The second-order valence-corrected chi connectivity index (χ2v) is 2.83. The minimum atomic E-state index is -0.511. The number of rotatable bonds is 2. The number of hydrogen-bond donors (Lipinski definition) is 1. The summed E-state index contributed by atoms with van der Waals surface area (Å²) >= 11 is 0. The Hall–Kier alpha value is -2.17. The number of aldehydes is 1. The number of aromatic nitrogens is 2. The van der Waals surface area contributed by atoms with Gasteiger partial charge in [-0.15, -0.1) is 0 Å². The van der Waals surface area contributed by atoms with Crippen LogP contribution in [0.15, 0.2) is 24.5 Å². The van der Waals surface area contributed by atoms with Gasteiger partial charge in [-0.2, -0.15) is 0 Å². The third-order valence-electron chi connectivity index (χ3n) is 1.88. The van der Waals surface area contributed by atoms with Gasteiger partial charge in [-0.3, -0.25) is 9.59 Å². The zero-order valence-corrected chi connectivity index (χ0v) is 7.18. The molecule has 2 heterocycles. The number of fused-ring (bicyclic) bond motifs is 1. The normalized spacial score (nSPS) is 10.3. The fourth-order valence-corrected chi connectivity index (χ4v) is 1.21. The van der Waals surface area contributed by atoms with Crippen LogP contribution < -0.4 is 5.73 Å². The van der Waals surface area contributed by atoms with Crippen LogP contribution in [0.3, 0.4) is 0 Å². The maximum Gasteiger partial charge on any atom is 0.248 e. The highest BCUT2D eigenvalue weighted by atomic mass is 16.1. The van der Waals surface area contributed by atoms with Gasteiger partial charge in [0.25, 0.3) is 0 Å². The molecule has 0 radical (unpaired) electrons. The van der Waals surface area contributed by atoms with Crippen LogP contribution in [0.25, 0.3) is 5.65 Å². The van der Waals surface area contributed by atoms with Crippen LogP contribution in [-0.4, -0.2) is 21.6 Å². The van der Waals surface area contributed by atoms with Crippen molar-refractivity contribution in [3.05, 3.63) is 35.8 Å². The summed E-state index contributed by atoms with van der Waals surface area (Å²) in [6, 6.07) is 3.11. The van der Waals surface area contributed by atoms with Gasteiger partial charge in [0.05, 0.1) is 0 Å². The summed E-state index contributed by atoms with van der Waals surface area (Å²) in [4.78, 5) is 25.2. The largest absolute Gasteiger partial charge is 0.366 e. The molecule has 0 saturated carbocycles. The van der Waals surface area contributed by atoms with E-state index in [9.17, 15) is 9.59 Å². The second-order valence-electron chi connectivity index (χ2n) is 2.83. The minimum absolute atomic E-state index is 0.326. The fraction of sp³-hybridized carbons (Fsp3) is 0. The van der Waals surface area contributed by atoms with Crippen molar-refractivity contribution in [1.29, 1.82) is 0 Å². The molecule has 5 nitrogen and oxygen atoms in total. The highest BCUT2D eigenvalue weighted by molar-refractivity contribution is 5.93. The molecule has 14 heavy (non-hydrogen) atoms. The van der Waals surface area contributed by atoms with Gasteiger partial charge in [0.2, 0.25) is 5.91 Å². The highest BCUT2D eigenvalue weighted by Gasteiger charge is 2.04. The molecule has 0 aliphatic heterocycles. The second kappa shape index (κ2) is 2.95. The molecule has 0 bridgehead atoms. The van der Waals surface area contributed by atoms with E-state index in [1.807, 2.05) is 0 Å². The Morgan fingerprint density at radius 1 is 1.57 bits per heavy atom. The molecule has 0 aliphatic carbocycles. The van der Waals surface area contributed by atoms with E-state index in [0.717, 1.165) is 0 Å². The van der Waals surface area contributed by atoms with E-state index < -0.39 is 5.91 Å². The quantitative estimate of drug-likeness (QED) is 0.687.